The van der Waals surface area contributed by atoms with Crippen LogP contribution in [0.1, 0.15) is 27.7 Å². The first-order valence-corrected chi connectivity index (χ1v) is 10.2. The van der Waals surface area contributed by atoms with E-state index in [1.54, 1.807) is 18.9 Å². The molecule has 0 aromatic heterocycles. The molecule has 3 fully saturated rings. The van der Waals surface area contributed by atoms with E-state index < -0.39 is 11.6 Å². The molecule has 6 nitrogen and oxygen atoms in total. The average molecular weight is 397 g/mol. The van der Waals surface area contributed by atoms with E-state index in [4.69, 9.17) is 28.4 Å². The van der Waals surface area contributed by atoms with Gasteiger partial charge in [0.1, 0.15) is 24.4 Å². The van der Waals surface area contributed by atoms with Crippen LogP contribution in [0.4, 0.5) is 0 Å². The predicted octanol–water partition coefficient (Wildman–Crippen LogP) is 3.19. The van der Waals surface area contributed by atoms with Crippen molar-refractivity contribution in [3.8, 4) is 0 Å². The number of thioether (sulfide) groups is 1. The Morgan fingerprint density at radius 1 is 0.926 bits per heavy atom. The van der Waals surface area contributed by atoms with E-state index in [1.165, 1.54) is 0 Å². The van der Waals surface area contributed by atoms with Crippen LogP contribution in [-0.4, -0.2) is 61.2 Å². The number of hydrogen-bond donors (Lipinski definition) is 0. The third kappa shape index (κ3) is 4.05. The van der Waals surface area contributed by atoms with Gasteiger partial charge in [0.05, 0.1) is 11.9 Å². The van der Waals surface area contributed by atoms with E-state index in [0.29, 0.717) is 6.61 Å². The van der Waals surface area contributed by atoms with Crippen molar-refractivity contribution in [1.29, 1.82) is 0 Å². The number of hydrogen-bond acceptors (Lipinski definition) is 7. The summed E-state index contributed by atoms with van der Waals surface area (Å²) in [7, 11) is 1.67. The highest BCUT2D eigenvalue weighted by Crippen LogP contribution is 2.45. The van der Waals surface area contributed by atoms with Gasteiger partial charge in [0.15, 0.2) is 17.9 Å². The van der Waals surface area contributed by atoms with Crippen molar-refractivity contribution in [3.05, 3.63) is 30.3 Å². The second kappa shape index (κ2) is 7.30. The van der Waals surface area contributed by atoms with Crippen LogP contribution in [0.5, 0.6) is 0 Å². The fraction of sp³-hybridized carbons (Fsp3) is 0.700. The molecular weight excluding hydrogens is 368 g/mol. The number of benzene rings is 1. The van der Waals surface area contributed by atoms with E-state index in [0.717, 1.165) is 4.90 Å². The molecule has 3 saturated heterocycles. The van der Waals surface area contributed by atoms with Crippen LogP contribution < -0.4 is 0 Å². The summed E-state index contributed by atoms with van der Waals surface area (Å²) in [6, 6.07) is 10.2. The van der Waals surface area contributed by atoms with E-state index in [2.05, 4.69) is 12.1 Å². The lowest BCUT2D eigenvalue weighted by atomic mass is 10.00. The molecule has 3 aliphatic rings. The van der Waals surface area contributed by atoms with Crippen LogP contribution in [0.2, 0.25) is 0 Å². The standard InChI is InChI=1S/C20H28O6S/c1-19(2)22-11-13(24-19)14-15-16(26-20(3,4)25-14)17(18(21-5)23-15)27-12-9-7-6-8-10-12/h6-10,13-18H,11H2,1-5H3/t13-,14+,15-,16+,17-,18+/m0/s1. The minimum Gasteiger partial charge on any atom is -0.355 e. The predicted molar refractivity (Wildman–Crippen MR) is 100 cm³/mol. The summed E-state index contributed by atoms with van der Waals surface area (Å²) in [6.07, 6.45) is -1.36. The van der Waals surface area contributed by atoms with Crippen LogP contribution in [0, 0.1) is 0 Å². The SMILES string of the molecule is CO[C@@H]1O[C@@H]2[C@@H](OC(C)(C)O[C@@H]2[C@@H]2COC(C)(C)O2)[C@@H]1Sc1ccccc1. The molecule has 150 valence electrons. The topological polar surface area (TPSA) is 55.4 Å². The van der Waals surface area contributed by atoms with Crippen LogP contribution in [0.3, 0.4) is 0 Å². The zero-order valence-corrected chi connectivity index (χ0v) is 17.2. The summed E-state index contributed by atoms with van der Waals surface area (Å²) in [5.74, 6) is -1.37. The highest BCUT2D eigenvalue weighted by atomic mass is 32.2. The molecule has 0 spiro atoms. The fourth-order valence-electron chi connectivity index (χ4n) is 3.93. The number of methoxy groups -OCH3 is 1. The summed E-state index contributed by atoms with van der Waals surface area (Å²) in [5, 5.41) is -0.0107. The van der Waals surface area contributed by atoms with Gasteiger partial charge in [-0.05, 0) is 39.8 Å². The molecule has 0 aliphatic carbocycles. The first kappa shape index (κ1) is 19.6. The van der Waals surface area contributed by atoms with Gasteiger partial charge < -0.3 is 28.4 Å². The smallest absolute Gasteiger partial charge is 0.172 e. The maximum absolute atomic E-state index is 6.31. The van der Waals surface area contributed by atoms with Crippen molar-refractivity contribution in [1.82, 2.24) is 0 Å². The Morgan fingerprint density at radius 2 is 1.63 bits per heavy atom. The highest BCUT2D eigenvalue weighted by molar-refractivity contribution is 8.00. The van der Waals surface area contributed by atoms with E-state index >= 15 is 0 Å². The number of rotatable bonds is 4. The van der Waals surface area contributed by atoms with Gasteiger partial charge in [0.25, 0.3) is 0 Å². The monoisotopic (exact) mass is 396 g/mol. The van der Waals surface area contributed by atoms with Crippen molar-refractivity contribution in [2.24, 2.45) is 0 Å². The zero-order chi connectivity index (χ0) is 19.2. The lowest BCUT2D eigenvalue weighted by Crippen LogP contribution is -2.58. The second-order valence-electron chi connectivity index (χ2n) is 8.03. The highest BCUT2D eigenvalue weighted by Gasteiger charge is 2.58. The summed E-state index contributed by atoms with van der Waals surface area (Å²) >= 11 is 1.71. The second-order valence-corrected chi connectivity index (χ2v) is 9.28. The van der Waals surface area contributed by atoms with Gasteiger partial charge in [-0.3, -0.25) is 0 Å². The molecule has 1 aromatic carbocycles. The van der Waals surface area contributed by atoms with Crippen molar-refractivity contribution in [2.45, 2.75) is 80.1 Å². The molecule has 0 saturated carbocycles. The molecule has 0 unspecified atom stereocenters. The zero-order valence-electron chi connectivity index (χ0n) is 16.4. The van der Waals surface area contributed by atoms with Gasteiger partial charge in [-0.1, -0.05) is 18.2 Å². The molecule has 0 amide bonds. The Hall–Kier alpha value is -0.670. The maximum Gasteiger partial charge on any atom is 0.172 e. The minimum atomic E-state index is -0.747. The van der Waals surface area contributed by atoms with Crippen LogP contribution in [0.25, 0.3) is 0 Å². The largest absolute Gasteiger partial charge is 0.355 e. The van der Waals surface area contributed by atoms with Crippen molar-refractivity contribution in [3.63, 3.8) is 0 Å². The molecule has 0 bridgehead atoms. The normalized spacial score (nSPS) is 40.0. The molecule has 3 aliphatic heterocycles. The Labute approximate surface area is 164 Å². The van der Waals surface area contributed by atoms with Crippen LogP contribution >= 0.6 is 11.8 Å². The first-order chi connectivity index (χ1) is 12.8. The third-order valence-electron chi connectivity index (χ3n) is 5.02. The van der Waals surface area contributed by atoms with Gasteiger partial charge >= 0.3 is 0 Å². The lowest BCUT2D eigenvalue weighted by molar-refractivity contribution is -0.339. The summed E-state index contributed by atoms with van der Waals surface area (Å²) in [4.78, 5) is 1.15. The molecule has 6 atom stereocenters. The Balaban J connectivity index is 1.59. The van der Waals surface area contributed by atoms with Gasteiger partial charge in [0.2, 0.25) is 0 Å². The van der Waals surface area contributed by atoms with Crippen molar-refractivity contribution >= 4 is 11.8 Å². The summed E-state index contributed by atoms with van der Waals surface area (Å²) in [5.41, 5.74) is 0. The number of fused-ring (bicyclic) bond motifs is 1. The molecule has 0 radical (unpaired) electrons. The van der Waals surface area contributed by atoms with Crippen LogP contribution in [-0.2, 0) is 28.4 Å². The fourth-order valence-corrected chi connectivity index (χ4v) is 5.19. The van der Waals surface area contributed by atoms with E-state index in [-0.39, 0.29) is 36.0 Å². The molecular formula is C20H28O6S. The van der Waals surface area contributed by atoms with Gasteiger partial charge in [-0.2, -0.15) is 0 Å². The minimum absolute atomic E-state index is 0.0107. The quantitative estimate of drug-likeness (QED) is 0.775. The lowest BCUT2D eigenvalue weighted by Gasteiger charge is -2.44. The molecule has 4 rings (SSSR count). The molecule has 3 heterocycles. The Bertz CT molecular complexity index is 651. The molecule has 0 N–H and O–H groups in total. The van der Waals surface area contributed by atoms with Gasteiger partial charge in [0, 0.05) is 12.0 Å². The average Bonchev–Trinajstić information content (AvgIpc) is 3.14. The third-order valence-corrected chi connectivity index (χ3v) is 6.32. The van der Waals surface area contributed by atoms with Crippen molar-refractivity contribution < 1.29 is 28.4 Å². The van der Waals surface area contributed by atoms with Crippen LogP contribution in [0.15, 0.2) is 35.2 Å². The Morgan fingerprint density at radius 3 is 2.26 bits per heavy atom. The molecule has 7 heteroatoms. The number of ether oxygens (including phenoxy) is 6. The van der Waals surface area contributed by atoms with Crippen molar-refractivity contribution in [2.75, 3.05) is 13.7 Å². The Kier molecular flexibility index (Phi) is 5.31. The van der Waals surface area contributed by atoms with E-state index in [9.17, 15) is 0 Å². The maximum atomic E-state index is 6.31. The van der Waals surface area contributed by atoms with Gasteiger partial charge in [-0.25, -0.2) is 0 Å². The molecule has 1 aromatic rings. The molecule has 27 heavy (non-hydrogen) atoms. The van der Waals surface area contributed by atoms with E-state index in [1.807, 2.05) is 45.9 Å². The first-order valence-electron chi connectivity index (χ1n) is 9.35. The van der Waals surface area contributed by atoms with Gasteiger partial charge in [-0.15, -0.1) is 11.8 Å². The summed E-state index contributed by atoms with van der Waals surface area (Å²) < 4.78 is 36.3. The summed E-state index contributed by atoms with van der Waals surface area (Å²) in [6.45, 7) is 8.16.